The van der Waals surface area contributed by atoms with Gasteiger partial charge in [-0.2, -0.15) is 0 Å². The molecule has 0 spiro atoms. The van der Waals surface area contributed by atoms with E-state index < -0.39 is 0 Å². The third-order valence-electron chi connectivity index (χ3n) is 5.09. The molecular formula is C17H27FN2O. The van der Waals surface area contributed by atoms with Crippen LogP contribution in [0, 0.1) is 5.82 Å². The molecule has 0 radical (unpaired) electrons. The lowest BCUT2D eigenvalue weighted by atomic mass is 9.79. The molecule has 1 aromatic rings. The summed E-state index contributed by atoms with van der Waals surface area (Å²) < 4.78 is 19.7. The van der Waals surface area contributed by atoms with Gasteiger partial charge in [0.25, 0.3) is 0 Å². The first-order valence-electron chi connectivity index (χ1n) is 7.93. The fourth-order valence-electron chi connectivity index (χ4n) is 3.71. The van der Waals surface area contributed by atoms with Crippen LogP contribution in [-0.2, 0) is 0 Å². The van der Waals surface area contributed by atoms with Crippen LogP contribution in [0.5, 0.6) is 5.75 Å². The minimum absolute atomic E-state index is 0.177. The van der Waals surface area contributed by atoms with Crippen molar-refractivity contribution in [3.63, 3.8) is 0 Å². The van der Waals surface area contributed by atoms with Crippen LogP contribution >= 0.6 is 0 Å². The van der Waals surface area contributed by atoms with Crippen LogP contribution in [0.3, 0.4) is 0 Å². The number of methoxy groups -OCH3 is 1. The standard InChI is InChI=1S/C17H27FN2O/c1-4-17(5-2,20-11-6-7-12-20)16(19)13-9-8-10-14(21-3)15(13)18/h8-10,16H,4-7,11-12,19H2,1-3H3. The molecular weight excluding hydrogens is 267 g/mol. The van der Waals surface area contributed by atoms with Crippen molar-refractivity contribution >= 4 is 0 Å². The van der Waals surface area contributed by atoms with Gasteiger partial charge in [0, 0.05) is 11.1 Å². The molecule has 1 aliphatic heterocycles. The summed E-state index contributed by atoms with van der Waals surface area (Å²) in [6.45, 7) is 6.42. The van der Waals surface area contributed by atoms with Crippen molar-refractivity contribution in [2.75, 3.05) is 20.2 Å². The highest BCUT2D eigenvalue weighted by molar-refractivity contribution is 5.34. The highest BCUT2D eigenvalue weighted by Crippen LogP contribution is 2.39. The van der Waals surface area contributed by atoms with E-state index in [2.05, 4.69) is 18.7 Å². The van der Waals surface area contributed by atoms with Crippen molar-refractivity contribution in [1.82, 2.24) is 4.90 Å². The highest BCUT2D eigenvalue weighted by Gasteiger charge is 2.42. The van der Waals surface area contributed by atoms with Gasteiger partial charge < -0.3 is 10.5 Å². The minimum Gasteiger partial charge on any atom is -0.494 e. The Balaban J connectivity index is 2.41. The molecule has 118 valence electrons. The number of likely N-dealkylation sites (tertiary alicyclic amines) is 1. The molecule has 3 nitrogen and oxygen atoms in total. The van der Waals surface area contributed by atoms with Gasteiger partial charge in [0.1, 0.15) is 0 Å². The van der Waals surface area contributed by atoms with Crippen LogP contribution in [0.15, 0.2) is 18.2 Å². The zero-order valence-electron chi connectivity index (χ0n) is 13.4. The zero-order chi connectivity index (χ0) is 15.5. The normalized spacial score (nSPS) is 18.0. The zero-order valence-corrected chi connectivity index (χ0v) is 13.4. The molecule has 2 rings (SSSR count). The third kappa shape index (κ3) is 2.79. The molecule has 0 bridgehead atoms. The summed E-state index contributed by atoms with van der Waals surface area (Å²) in [6.07, 6.45) is 4.24. The molecule has 2 N–H and O–H groups in total. The van der Waals surface area contributed by atoms with Gasteiger partial charge in [-0.3, -0.25) is 4.90 Å². The van der Waals surface area contributed by atoms with Gasteiger partial charge >= 0.3 is 0 Å². The van der Waals surface area contributed by atoms with Gasteiger partial charge in [-0.25, -0.2) is 4.39 Å². The lowest BCUT2D eigenvalue weighted by molar-refractivity contribution is 0.0752. The molecule has 0 amide bonds. The number of rotatable bonds is 6. The predicted molar refractivity (Wildman–Crippen MR) is 84.0 cm³/mol. The number of ether oxygens (including phenoxy) is 1. The molecule has 0 aromatic heterocycles. The molecule has 1 unspecified atom stereocenters. The second-order valence-corrected chi connectivity index (χ2v) is 5.85. The topological polar surface area (TPSA) is 38.5 Å². The third-order valence-corrected chi connectivity index (χ3v) is 5.09. The predicted octanol–water partition coefficient (Wildman–Crippen LogP) is 3.49. The summed E-state index contributed by atoms with van der Waals surface area (Å²) in [5, 5.41) is 0. The summed E-state index contributed by atoms with van der Waals surface area (Å²) in [5.41, 5.74) is 6.95. The molecule has 0 aliphatic carbocycles. The van der Waals surface area contributed by atoms with Crippen molar-refractivity contribution in [1.29, 1.82) is 0 Å². The molecule has 1 fully saturated rings. The van der Waals surface area contributed by atoms with Crippen molar-refractivity contribution in [3.05, 3.63) is 29.6 Å². The average molecular weight is 294 g/mol. The quantitative estimate of drug-likeness (QED) is 0.873. The van der Waals surface area contributed by atoms with Gasteiger partial charge in [0.05, 0.1) is 13.2 Å². The lowest BCUT2D eigenvalue weighted by Crippen LogP contribution is -2.54. The van der Waals surface area contributed by atoms with Gasteiger partial charge in [-0.05, 0) is 44.8 Å². The lowest BCUT2D eigenvalue weighted by Gasteiger charge is -2.45. The number of hydrogen-bond acceptors (Lipinski definition) is 3. The highest BCUT2D eigenvalue weighted by atomic mass is 19.1. The maximum atomic E-state index is 14.6. The van der Waals surface area contributed by atoms with Crippen molar-refractivity contribution in [3.8, 4) is 5.75 Å². The Hall–Kier alpha value is -1.13. The first-order chi connectivity index (χ1) is 10.1. The van der Waals surface area contributed by atoms with E-state index in [1.165, 1.54) is 20.0 Å². The van der Waals surface area contributed by atoms with E-state index in [4.69, 9.17) is 10.5 Å². The summed E-state index contributed by atoms with van der Waals surface area (Å²) in [5.74, 6) is -0.0524. The molecule has 1 heterocycles. The SMILES string of the molecule is CCC(CC)(C(N)c1cccc(OC)c1F)N1CCCC1. The van der Waals surface area contributed by atoms with Crippen molar-refractivity contribution in [2.45, 2.75) is 51.1 Å². The molecule has 21 heavy (non-hydrogen) atoms. The first-order valence-corrected chi connectivity index (χ1v) is 7.93. The number of hydrogen-bond donors (Lipinski definition) is 1. The van der Waals surface area contributed by atoms with Crippen LogP contribution in [0.2, 0.25) is 0 Å². The minimum atomic E-state index is -0.347. The second kappa shape index (κ2) is 6.75. The number of nitrogens with two attached hydrogens (primary N) is 1. The van der Waals surface area contributed by atoms with E-state index in [0.717, 1.165) is 25.9 Å². The maximum Gasteiger partial charge on any atom is 0.169 e. The van der Waals surface area contributed by atoms with E-state index in [1.54, 1.807) is 12.1 Å². The monoisotopic (exact) mass is 294 g/mol. The fraction of sp³-hybridized carbons (Fsp3) is 0.647. The molecule has 4 heteroatoms. The number of halogens is 1. The smallest absolute Gasteiger partial charge is 0.169 e. The Bertz CT molecular complexity index is 468. The van der Waals surface area contributed by atoms with E-state index in [-0.39, 0.29) is 23.1 Å². The summed E-state index contributed by atoms with van der Waals surface area (Å²) in [4.78, 5) is 2.45. The van der Waals surface area contributed by atoms with Crippen LogP contribution in [-0.4, -0.2) is 30.6 Å². The molecule has 1 aromatic carbocycles. The molecule has 1 saturated heterocycles. The van der Waals surface area contributed by atoms with Gasteiger partial charge in [0.2, 0.25) is 0 Å². The van der Waals surface area contributed by atoms with Crippen LogP contribution in [0.25, 0.3) is 0 Å². The van der Waals surface area contributed by atoms with E-state index in [1.807, 2.05) is 6.07 Å². The summed E-state index contributed by atoms with van der Waals surface area (Å²) in [7, 11) is 1.49. The Morgan fingerprint density at radius 2 is 1.90 bits per heavy atom. The first kappa shape index (κ1) is 16.2. The Kier molecular flexibility index (Phi) is 5.22. The second-order valence-electron chi connectivity index (χ2n) is 5.85. The Labute approximate surface area is 127 Å². The van der Waals surface area contributed by atoms with Crippen molar-refractivity contribution < 1.29 is 9.13 Å². The van der Waals surface area contributed by atoms with Gasteiger partial charge in [0.15, 0.2) is 11.6 Å². The van der Waals surface area contributed by atoms with E-state index in [9.17, 15) is 4.39 Å². The van der Waals surface area contributed by atoms with Crippen LogP contribution < -0.4 is 10.5 Å². The molecule has 1 atom stereocenters. The number of nitrogens with zero attached hydrogens (tertiary/aromatic N) is 1. The average Bonchev–Trinajstić information content (AvgIpc) is 3.04. The Morgan fingerprint density at radius 1 is 1.29 bits per heavy atom. The van der Waals surface area contributed by atoms with E-state index in [0.29, 0.717) is 5.56 Å². The van der Waals surface area contributed by atoms with E-state index >= 15 is 0 Å². The fourth-order valence-corrected chi connectivity index (χ4v) is 3.71. The summed E-state index contributed by atoms with van der Waals surface area (Å²) >= 11 is 0. The Morgan fingerprint density at radius 3 is 2.43 bits per heavy atom. The van der Waals surface area contributed by atoms with Crippen molar-refractivity contribution in [2.24, 2.45) is 5.73 Å². The van der Waals surface area contributed by atoms with Crippen LogP contribution in [0.4, 0.5) is 4.39 Å². The molecule has 1 aliphatic rings. The molecule has 0 saturated carbocycles. The maximum absolute atomic E-state index is 14.6. The largest absolute Gasteiger partial charge is 0.494 e. The number of benzene rings is 1. The van der Waals surface area contributed by atoms with Gasteiger partial charge in [-0.15, -0.1) is 0 Å². The van der Waals surface area contributed by atoms with Gasteiger partial charge in [-0.1, -0.05) is 26.0 Å². The van der Waals surface area contributed by atoms with Crippen LogP contribution in [0.1, 0.15) is 51.1 Å². The summed E-state index contributed by atoms with van der Waals surface area (Å²) in [6, 6.07) is 4.90.